The second kappa shape index (κ2) is 3.02. The largest absolute Gasteiger partial charge is 0.265 e. The highest BCUT2D eigenvalue weighted by Crippen LogP contribution is 2.35. The summed E-state index contributed by atoms with van der Waals surface area (Å²) in [7, 11) is 0. The minimum atomic E-state index is -0.317. The topological polar surface area (TPSA) is 36.7 Å². The van der Waals surface area contributed by atoms with Crippen molar-refractivity contribution in [3.8, 4) is 6.07 Å². The lowest BCUT2D eigenvalue weighted by Gasteiger charge is -2.19. The summed E-state index contributed by atoms with van der Waals surface area (Å²) in [6.45, 7) is 0. The highest BCUT2D eigenvalue weighted by molar-refractivity contribution is 5.35. The Hall–Kier alpha value is -1.62. The lowest BCUT2D eigenvalue weighted by Crippen LogP contribution is -2.19. The van der Waals surface area contributed by atoms with Crippen molar-refractivity contribution >= 4 is 0 Å². The molecule has 0 bridgehead atoms. The smallest absolute Gasteiger partial charge is 0.0891 e. The van der Waals surface area contributed by atoms with Gasteiger partial charge in [-0.3, -0.25) is 4.98 Å². The van der Waals surface area contributed by atoms with Gasteiger partial charge in [0.2, 0.25) is 0 Å². The fourth-order valence-electron chi connectivity index (χ4n) is 1.71. The summed E-state index contributed by atoms with van der Waals surface area (Å²) in [5.74, 6) is 0. The third-order valence-corrected chi connectivity index (χ3v) is 2.55. The molecule has 2 rings (SSSR count). The fraction of sp³-hybridized carbons (Fsp3) is 0.273. The van der Waals surface area contributed by atoms with Crippen molar-refractivity contribution in [2.45, 2.75) is 18.3 Å². The van der Waals surface area contributed by atoms with E-state index in [1.54, 1.807) is 12.4 Å². The van der Waals surface area contributed by atoms with Crippen molar-refractivity contribution < 1.29 is 0 Å². The first-order valence-corrected chi connectivity index (χ1v) is 4.34. The molecule has 1 heterocycles. The van der Waals surface area contributed by atoms with Crippen LogP contribution in [0.1, 0.15) is 18.4 Å². The molecule has 1 aromatic rings. The van der Waals surface area contributed by atoms with Gasteiger partial charge in [0.15, 0.2) is 0 Å². The van der Waals surface area contributed by atoms with E-state index in [1.165, 1.54) is 0 Å². The molecule has 0 saturated heterocycles. The van der Waals surface area contributed by atoms with E-state index in [-0.39, 0.29) is 5.41 Å². The van der Waals surface area contributed by atoms with Gasteiger partial charge in [-0.25, -0.2) is 0 Å². The van der Waals surface area contributed by atoms with Gasteiger partial charge in [-0.1, -0.05) is 12.2 Å². The van der Waals surface area contributed by atoms with Crippen molar-refractivity contribution in [2.75, 3.05) is 0 Å². The van der Waals surface area contributed by atoms with E-state index in [0.29, 0.717) is 0 Å². The summed E-state index contributed by atoms with van der Waals surface area (Å²) < 4.78 is 0. The van der Waals surface area contributed by atoms with Crippen LogP contribution in [-0.2, 0) is 5.41 Å². The number of nitrogens with zero attached hydrogens (tertiary/aromatic N) is 2. The molecule has 0 aromatic carbocycles. The van der Waals surface area contributed by atoms with Crippen molar-refractivity contribution in [1.29, 1.82) is 5.26 Å². The molecule has 0 saturated carbocycles. The molecule has 0 radical (unpaired) electrons. The lowest BCUT2D eigenvalue weighted by atomic mass is 9.80. The van der Waals surface area contributed by atoms with E-state index in [2.05, 4.69) is 23.2 Å². The van der Waals surface area contributed by atoms with Crippen LogP contribution in [-0.4, -0.2) is 4.98 Å². The van der Waals surface area contributed by atoms with Gasteiger partial charge < -0.3 is 0 Å². The van der Waals surface area contributed by atoms with Crippen LogP contribution in [0.25, 0.3) is 0 Å². The SMILES string of the molecule is N#CC1(c2ccncc2)CC=CC1. The molecular formula is C11H10N2. The lowest BCUT2D eigenvalue weighted by molar-refractivity contribution is 0.595. The average Bonchev–Trinajstić information content (AvgIpc) is 2.69. The van der Waals surface area contributed by atoms with Gasteiger partial charge in [0.1, 0.15) is 0 Å². The van der Waals surface area contributed by atoms with E-state index < -0.39 is 0 Å². The molecule has 0 fully saturated rings. The number of aromatic nitrogens is 1. The normalized spacial score (nSPS) is 18.4. The highest BCUT2D eigenvalue weighted by atomic mass is 14.6. The summed E-state index contributed by atoms with van der Waals surface area (Å²) >= 11 is 0. The maximum Gasteiger partial charge on any atom is 0.0891 e. The molecule has 0 aliphatic heterocycles. The van der Waals surface area contributed by atoms with E-state index in [0.717, 1.165) is 18.4 Å². The second-order valence-electron chi connectivity index (χ2n) is 3.31. The molecule has 64 valence electrons. The molecule has 1 aliphatic carbocycles. The van der Waals surface area contributed by atoms with Crippen LogP contribution in [0, 0.1) is 11.3 Å². The van der Waals surface area contributed by atoms with E-state index >= 15 is 0 Å². The monoisotopic (exact) mass is 170 g/mol. The maximum atomic E-state index is 9.16. The van der Waals surface area contributed by atoms with Gasteiger partial charge in [-0.05, 0) is 30.5 Å². The van der Waals surface area contributed by atoms with Crippen molar-refractivity contribution in [2.24, 2.45) is 0 Å². The summed E-state index contributed by atoms with van der Waals surface area (Å²) in [6.07, 6.45) is 9.29. The Bertz CT molecular complexity index is 351. The zero-order chi connectivity index (χ0) is 9.15. The van der Waals surface area contributed by atoms with Crippen molar-refractivity contribution in [3.63, 3.8) is 0 Å². The molecule has 0 unspecified atom stereocenters. The molecule has 13 heavy (non-hydrogen) atoms. The number of hydrogen-bond acceptors (Lipinski definition) is 2. The van der Waals surface area contributed by atoms with Crippen LogP contribution in [0.2, 0.25) is 0 Å². The zero-order valence-corrected chi connectivity index (χ0v) is 7.27. The van der Waals surface area contributed by atoms with Gasteiger partial charge in [0, 0.05) is 12.4 Å². The first-order chi connectivity index (χ1) is 6.37. The highest BCUT2D eigenvalue weighted by Gasteiger charge is 2.32. The molecule has 2 nitrogen and oxygen atoms in total. The Labute approximate surface area is 77.5 Å². The van der Waals surface area contributed by atoms with Crippen LogP contribution in [0.15, 0.2) is 36.7 Å². The fourth-order valence-corrected chi connectivity index (χ4v) is 1.71. The van der Waals surface area contributed by atoms with Gasteiger partial charge >= 0.3 is 0 Å². The van der Waals surface area contributed by atoms with Gasteiger partial charge in [-0.15, -0.1) is 0 Å². The summed E-state index contributed by atoms with van der Waals surface area (Å²) in [6, 6.07) is 6.26. The van der Waals surface area contributed by atoms with Crippen LogP contribution >= 0.6 is 0 Å². The average molecular weight is 170 g/mol. The number of pyridine rings is 1. The third kappa shape index (κ3) is 1.23. The molecule has 0 spiro atoms. The minimum absolute atomic E-state index is 0.317. The predicted octanol–water partition coefficient (Wildman–Crippen LogP) is 2.19. The van der Waals surface area contributed by atoms with E-state index in [9.17, 15) is 0 Å². The van der Waals surface area contributed by atoms with Crippen LogP contribution in [0.5, 0.6) is 0 Å². The summed E-state index contributed by atoms with van der Waals surface area (Å²) in [5.41, 5.74) is 0.762. The molecule has 0 amide bonds. The Morgan fingerprint density at radius 1 is 1.23 bits per heavy atom. The first kappa shape index (κ1) is 8.00. The second-order valence-corrected chi connectivity index (χ2v) is 3.31. The maximum absolute atomic E-state index is 9.16. The standard InChI is InChI=1S/C11H10N2/c12-9-11(5-1-2-6-11)10-3-7-13-8-4-10/h1-4,7-8H,5-6H2. The third-order valence-electron chi connectivity index (χ3n) is 2.55. The van der Waals surface area contributed by atoms with Crippen molar-refractivity contribution in [1.82, 2.24) is 4.98 Å². The molecule has 0 atom stereocenters. The Morgan fingerprint density at radius 3 is 2.38 bits per heavy atom. The van der Waals surface area contributed by atoms with Crippen molar-refractivity contribution in [3.05, 3.63) is 42.2 Å². The summed E-state index contributed by atoms with van der Waals surface area (Å²) in [4.78, 5) is 3.95. The Balaban J connectivity index is 2.40. The number of nitriles is 1. The molecular weight excluding hydrogens is 160 g/mol. The zero-order valence-electron chi connectivity index (χ0n) is 7.27. The summed E-state index contributed by atoms with van der Waals surface area (Å²) in [5, 5.41) is 9.16. The van der Waals surface area contributed by atoms with Gasteiger partial charge in [0.25, 0.3) is 0 Å². The number of rotatable bonds is 1. The van der Waals surface area contributed by atoms with Gasteiger partial charge in [-0.2, -0.15) is 5.26 Å². The number of hydrogen-bond donors (Lipinski definition) is 0. The molecule has 1 aliphatic rings. The van der Waals surface area contributed by atoms with Crippen LogP contribution < -0.4 is 0 Å². The Kier molecular flexibility index (Phi) is 1.86. The Morgan fingerprint density at radius 2 is 1.85 bits per heavy atom. The first-order valence-electron chi connectivity index (χ1n) is 4.34. The van der Waals surface area contributed by atoms with Crippen LogP contribution in [0.3, 0.4) is 0 Å². The molecule has 2 heteroatoms. The molecule has 0 N–H and O–H groups in total. The molecule has 1 aromatic heterocycles. The van der Waals surface area contributed by atoms with E-state index in [1.807, 2.05) is 12.1 Å². The van der Waals surface area contributed by atoms with Crippen LogP contribution in [0.4, 0.5) is 0 Å². The predicted molar refractivity (Wildman–Crippen MR) is 49.9 cm³/mol. The quantitative estimate of drug-likeness (QED) is 0.606. The minimum Gasteiger partial charge on any atom is -0.265 e. The van der Waals surface area contributed by atoms with E-state index in [4.69, 9.17) is 5.26 Å². The number of allylic oxidation sites excluding steroid dienone is 2. The van der Waals surface area contributed by atoms with Gasteiger partial charge in [0.05, 0.1) is 11.5 Å².